The summed E-state index contributed by atoms with van der Waals surface area (Å²) in [6.45, 7) is 0. The predicted molar refractivity (Wildman–Crippen MR) is 68.8 cm³/mol. The van der Waals surface area contributed by atoms with Crippen molar-refractivity contribution in [1.82, 2.24) is 4.98 Å². The van der Waals surface area contributed by atoms with E-state index >= 15 is 0 Å². The zero-order valence-electron chi connectivity index (χ0n) is 9.47. The molecule has 2 aromatic carbocycles. The van der Waals surface area contributed by atoms with E-state index in [0.29, 0.717) is 5.56 Å². The van der Waals surface area contributed by atoms with E-state index in [-0.39, 0.29) is 5.75 Å². The normalized spacial score (nSPS) is 10.7. The van der Waals surface area contributed by atoms with E-state index in [2.05, 4.69) is 4.98 Å². The third kappa shape index (κ3) is 1.80. The lowest BCUT2D eigenvalue weighted by Gasteiger charge is -2.06. The number of phenolic OH excluding ortho intramolecular Hbond substituents is 1. The summed E-state index contributed by atoms with van der Waals surface area (Å²) in [6.07, 6.45) is 3.44. The Morgan fingerprint density at radius 2 is 1.83 bits per heavy atom. The van der Waals surface area contributed by atoms with Gasteiger partial charge in [-0.05, 0) is 23.1 Å². The Hall–Kier alpha value is -2.42. The minimum atomic E-state index is -0.460. The average molecular weight is 239 g/mol. The molecule has 0 fully saturated rings. The molecule has 18 heavy (non-hydrogen) atoms. The Morgan fingerprint density at radius 3 is 2.67 bits per heavy atom. The van der Waals surface area contributed by atoms with Crippen LogP contribution in [0.1, 0.15) is 0 Å². The number of rotatable bonds is 1. The number of hydrogen-bond donors (Lipinski definition) is 1. The predicted octanol–water partition coefficient (Wildman–Crippen LogP) is 3.75. The first-order valence-corrected chi connectivity index (χ1v) is 5.57. The van der Waals surface area contributed by atoms with Gasteiger partial charge < -0.3 is 5.11 Å². The van der Waals surface area contributed by atoms with Crippen LogP contribution in [0.4, 0.5) is 4.39 Å². The van der Waals surface area contributed by atoms with Crippen LogP contribution in [0.25, 0.3) is 21.9 Å². The maximum atomic E-state index is 13.3. The molecule has 0 aliphatic heterocycles. The van der Waals surface area contributed by atoms with Gasteiger partial charge in [-0.3, -0.25) is 4.98 Å². The molecule has 0 bridgehead atoms. The second-order valence-corrected chi connectivity index (χ2v) is 4.11. The van der Waals surface area contributed by atoms with Gasteiger partial charge in [0.1, 0.15) is 11.6 Å². The van der Waals surface area contributed by atoms with Crippen molar-refractivity contribution in [2.24, 2.45) is 0 Å². The summed E-state index contributed by atoms with van der Waals surface area (Å²) in [5, 5.41) is 11.4. The first-order chi connectivity index (χ1) is 8.74. The van der Waals surface area contributed by atoms with Crippen molar-refractivity contribution in [2.75, 3.05) is 0 Å². The van der Waals surface area contributed by atoms with Gasteiger partial charge in [0.05, 0.1) is 0 Å². The monoisotopic (exact) mass is 239 g/mol. The van der Waals surface area contributed by atoms with E-state index in [1.807, 2.05) is 24.3 Å². The second-order valence-electron chi connectivity index (χ2n) is 4.11. The van der Waals surface area contributed by atoms with Crippen molar-refractivity contribution < 1.29 is 9.50 Å². The fraction of sp³-hybridized carbons (Fsp3) is 0. The molecule has 0 radical (unpaired) electrons. The van der Waals surface area contributed by atoms with E-state index in [1.165, 1.54) is 12.1 Å². The highest BCUT2D eigenvalue weighted by atomic mass is 19.1. The summed E-state index contributed by atoms with van der Waals surface area (Å²) in [5.41, 5.74) is 1.43. The molecule has 0 spiro atoms. The zero-order chi connectivity index (χ0) is 12.5. The van der Waals surface area contributed by atoms with E-state index < -0.39 is 5.82 Å². The highest BCUT2D eigenvalue weighted by Crippen LogP contribution is 2.30. The molecule has 1 N–H and O–H groups in total. The van der Waals surface area contributed by atoms with Gasteiger partial charge in [-0.2, -0.15) is 0 Å². The topological polar surface area (TPSA) is 33.1 Å². The van der Waals surface area contributed by atoms with Crippen LogP contribution in [0.15, 0.2) is 54.9 Å². The number of hydrogen-bond acceptors (Lipinski definition) is 2. The number of benzene rings is 2. The van der Waals surface area contributed by atoms with Crippen LogP contribution in [0.2, 0.25) is 0 Å². The van der Waals surface area contributed by atoms with Crippen LogP contribution in [0.3, 0.4) is 0 Å². The third-order valence-corrected chi connectivity index (χ3v) is 2.86. The van der Waals surface area contributed by atoms with E-state index in [0.717, 1.165) is 22.4 Å². The molecule has 0 saturated heterocycles. The largest absolute Gasteiger partial charge is 0.508 e. The van der Waals surface area contributed by atoms with Crippen LogP contribution < -0.4 is 0 Å². The highest BCUT2D eigenvalue weighted by molar-refractivity contribution is 5.95. The Morgan fingerprint density at radius 1 is 1.00 bits per heavy atom. The Balaban J connectivity index is 2.31. The first-order valence-electron chi connectivity index (χ1n) is 5.57. The molecule has 3 rings (SSSR count). The maximum Gasteiger partial charge on any atom is 0.127 e. The lowest BCUT2D eigenvalue weighted by Crippen LogP contribution is -1.85. The molecule has 1 aromatic heterocycles. The molecule has 0 unspecified atom stereocenters. The molecular weight excluding hydrogens is 229 g/mol. The van der Waals surface area contributed by atoms with Gasteiger partial charge in [0.2, 0.25) is 0 Å². The fourth-order valence-corrected chi connectivity index (χ4v) is 2.08. The molecule has 3 aromatic rings. The third-order valence-electron chi connectivity index (χ3n) is 2.86. The summed E-state index contributed by atoms with van der Waals surface area (Å²) in [7, 11) is 0. The summed E-state index contributed by atoms with van der Waals surface area (Å²) in [6, 6.07) is 11.8. The van der Waals surface area contributed by atoms with E-state index in [4.69, 9.17) is 0 Å². The summed E-state index contributed by atoms with van der Waals surface area (Å²) >= 11 is 0. The minimum absolute atomic E-state index is 0.0852. The van der Waals surface area contributed by atoms with Crippen LogP contribution in [-0.2, 0) is 0 Å². The Kier molecular flexibility index (Phi) is 2.45. The lowest BCUT2D eigenvalue weighted by molar-refractivity contribution is 0.469. The summed E-state index contributed by atoms with van der Waals surface area (Å²) < 4.78 is 13.3. The number of phenols is 1. The Bertz CT molecular complexity index is 699. The van der Waals surface area contributed by atoms with Crippen molar-refractivity contribution in [1.29, 1.82) is 0 Å². The van der Waals surface area contributed by atoms with Crippen LogP contribution >= 0.6 is 0 Å². The van der Waals surface area contributed by atoms with Crippen molar-refractivity contribution in [3.05, 3.63) is 60.7 Å². The van der Waals surface area contributed by atoms with Gasteiger partial charge in [-0.25, -0.2) is 4.39 Å². The average Bonchev–Trinajstić information content (AvgIpc) is 2.37. The highest BCUT2D eigenvalue weighted by Gasteiger charge is 2.06. The molecule has 0 amide bonds. The number of aromatic nitrogens is 1. The number of aromatic hydroxyl groups is 1. The standard InChI is InChI=1S/C15H10FNO/c16-12-5-11(6-13(18)7-12)15-9-17-8-10-3-1-2-4-14(10)15/h1-9,18H. The smallest absolute Gasteiger partial charge is 0.127 e. The first kappa shape index (κ1) is 10.7. The summed E-state index contributed by atoms with van der Waals surface area (Å²) in [5.74, 6) is -0.545. The van der Waals surface area contributed by atoms with Gasteiger partial charge in [-0.15, -0.1) is 0 Å². The molecule has 0 aliphatic carbocycles. The number of pyridine rings is 1. The molecule has 0 saturated carbocycles. The molecule has 0 aliphatic rings. The van der Waals surface area contributed by atoms with Gasteiger partial charge >= 0.3 is 0 Å². The van der Waals surface area contributed by atoms with Gasteiger partial charge in [-0.1, -0.05) is 24.3 Å². The molecule has 3 heteroatoms. The van der Waals surface area contributed by atoms with Gasteiger partial charge in [0.15, 0.2) is 0 Å². The van der Waals surface area contributed by atoms with E-state index in [1.54, 1.807) is 12.4 Å². The van der Waals surface area contributed by atoms with Gasteiger partial charge in [0.25, 0.3) is 0 Å². The molecule has 0 atom stereocenters. The maximum absolute atomic E-state index is 13.3. The van der Waals surface area contributed by atoms with Crippen molar-refractivity contribution in [3.8, 4) is 16.9 Å². The number of halogens is 1. The SMILES string of the molecule is Oc1cc(F)cc(-c2cncc3ccccc23)c1. The quantitative estimate of drug-likeness (QED) is 0.701. The number of fused-ring (bicyclic) bond motifs is 1. The van der Waals surface area contributed by atoms with Crippen molar-refractivity contribution >= 4 is 10.8 Å². The minimum Gasteiger partial charge on any atom is -0.508 e. The Labute approximate surface area is 103 Å². The molecule has 1 heterocycles. The molecule has 2 nitrogen and oxygen atoms in total. The van der Waals surface area contributed by atoms with Crippen LogP contribution in [0, 0.1) is 5.82 Å². The fourth-order valence-electron chi connectivity index (χ4n) is 2.08. The second kappa shape index (κ2) is 4.11. The lowest BCUT2D eigenvalue weighted by atomic mass is 10.0. The zero-order valence-corrected chi connectivity index (χ0v) is 9.47. The number of nitrogens with zero attached hydrogens (tertiary/aromatic N) is 1. The van der Waals surface area contributed by atoms with Gasteiger partial charge in [0, 0.05) is 29.4 Å². The molecular formula is C15H10FNO. The van der Waals surface area contributed by atoms with Crippen molar-refractivity contribution in [3.63, 3.8) is 0 Å². The van der Waals surface area contributed by atoms with Crippen LogP contribution in [-0.4, -0.2) is 10.1 Å². The van der Waals surface area contributed by atoms with E-state index in [9.17, 15) is 9.50 Å². The molecule has 88 valence electrons. The summed E-state index contributed by atoms with van der Waals surface area (Å²) in [4.78, 5) is 4.14. The van der Waals surface area contributed by atoms with Crippen molar-refractivity contribution in [2.45, 2.75) is 0 Å². The van der Waals surface area contributed by atoms with Crippen LogP contribution in [0.5, 0.6) is 5.75 Å².